The molecule has 1 heterocycles. The molecular formula is C20H29N3O2. The first-order chi connectivity index (χ1) is 12.2. The second-order valence-corrected chi connectivity index (χ2v) is 5.94. The Morgan fingerprint density at radius 2 is 2.04 bits per heavy atom. The molecule has 0 aliphatic heterocycles. The smallest absolute Gasteiger partial charge is 0.191 e. The van der Waals surface area contributed by atoms with Gasteiger partial charge in [-0.1, -0.05) is 31.2 Å². The summed E-state index contributed by atoms with van der Waals surface area (Å²) >= 11 is 0. The number of guanidine groups is 1. The van der Waals surface area contributed by atoms with Crippen molar-refractivity contribution in [1.29, 1.82) is 0 Å². The summed E-state index contributed by atoms with van der Waals surface area (Å²) in [6.07, 6.45) is 3.57. The van der Waals surface area contributed by atoms with Crippen LogP contribution in [0, 0.1) is 0 Å². The predicted octanol–water partition coefficient (Wildman–Crippen LogP) is 3.33. The molecule has 136 valence electrons. The molecule has 0 saturated carbocycles. The molecule has 0 bridgehead atoms. The van der Waals surface area contributed by atoms with E-state index in [4.69, 9.17) is 9.15 Å². The molecule has 0 spiro atoms. The highest BCUT2D eigenvalue weighted by Gasteiger charge is 2.08. The van der Waals surface area contributed by atoms with Crippen molar-refractivity contribution in [2.45, 2.75) is 32.7 Å². The Labute approximate surface area is 150 Å². The van der Waals surface area contributed by atoms with E-state index >= 15 is 0 Å². The van der Waals surface area contributed by atoms with Gasteiger partial charge in [0.15, 0.2) is 5.96 Å². The van der Waals surface area contributed by atoms with Crippen molar-refractivity contribution in [3.05, 3.63) is 59.5 Å². The minimum absolute atomic E-state index is 0.170. The molecule has 0 saturated heterocycles. The van der Waals surface area contributed by atoms with Crippen molar-refractivity contribution in [3.8, 4) is 0 Å². The lowest BCUT2D eigenvalue weighted by Crippen LogP contribution is -2.40. The van der Waals surface area contributed by atoms with Gasteiger partial charge in [0.05, 0.1) is 25.5 Å². The topological polar surface area (TPSA) is 58.8 Å². The number of methoxy groups -OCH3 is 1. The molecule has 2 N–H and O–H groups in total. The summed E-state index contributed by atoms with van der Waals surface area (Å²) in [5, 5.41) is 6.83. The molecule has 0 amide bonds. The van der Waals surface area contributed by atoms with Crippen LogP contribution in [0.25, 0.3) is 0 Å². The Kier molecular flexibility index (Phi) is 8.05. The van der Waals surface area contributed by atoms with Crippen LogP contribution >= 0.6 is 0 Å². The molecule has 1 atom stereocenters. The standard InChI is InChI=1S/C20H29N3O2/c1-4-17-7-9-18(10-8-17)16(2)23-20(22-13-15-24-3)21-12-11-19-6-5-14-25-19/h5-10,14,16H,4,11-13,15H2,1-3H3,(H2,21,22,23). The van der Waals surface area contributed by atoms with E-state index in [1.54, 1.807) is 13.4 Å². The Morgan fingerprint density at radius 1 is 1.24 bits per heavy atom. The van der Waals surface area contributed by atoms with Crippen molar-refractivity contribution >= 4 is 5.96 Å². The van der Waals surface area contributed by atoms with E-state index in [-0.39, 0.29) is 6.04 Å². The van der Waals surface area contributed by atoms with Gasteiger partial charge in [0, 0.05) is 20.1 Å². The molecule has 0 fully saturated rings. The molecule has 0 aliphatic rings. The van der Waals surface area contributed by atoms with Gasteiger partial charge in [-0.3, -0.25) is 4.99 Å². The summed E-state index contributed by atoms with van der Waals surface area (Å²) in [6, 6.07) is 12.8. The number of aryl methyl sites for hydroxylation is 1. The molecule has 25 heavy (non-hydrogen) atoms. The van der Waals surface area contributed by atoms with Crippen molar-refractivity contribution in [3.63, 3.8) is 0 Å². The highest BCUT2D eigenvalue weighted by molar-refractivity contribution is 5.80. The lowest BCUT2D eigenvalue weighted by molar-refractivity contribution is 0.208. The molecule has 2 aromatic rings. The van der Waals surface area contributed by atoms with Gasteiger partial charge >= 0.3 is 0 Å². The highest BCUT2D eigenvalue weighted by atomic mass is 16.5. The van der Waals surface area contributed by atoms with E-state index in [0.717, 1.165) is 31.1 Å². The summed E-state index contributed by atoms with van der Waals surface area (Å²) in [4.78, 5) is 4.57. The van der Waals surface area contributed by atoms with Gasteiger partial charge in [-0.2, -0.15) is 0 Å². The third-order valence-electron chi connectivity index (χ3n) is 4.05. The van der Waals surface area contributed by atoms with Gasteiger partial charge in [-0.25, -0.2) is 0 Å². The Morgan fingerprint density at radius 3 is 2.68 bits per heavy atom. The van der Waals surface area contributed by atoms with Gasteiger partial charge in [0.2, 0.25) is 0 Å². The van der Waals surface area contributed by atoms with Crippen molar-refractivity contribution < 1.29 is 9.15 Å². The average molecular weight is 343 g/mol. The van der Waals surface area contributed by atoms with Crippen LogP contribution in [-0.2, 0) is 17.6 Å². The molecule has 1 unspecified atom stereocenters. The second-order valence-electron chi connectivity index (χ2n) is 5.94. The number of nitrogens with zero attached hydrogens (tertiary/aromatic N) is 1. The van der Waals surface area contributed by atoms with Gasteiger partial charge in [0.1, 0.15) is 5.76 Å². The third-order valence-corrected chi connectivity index (χ3v) is 4.05. The van der Waals surface area contributed by atoms with Gasteiger partial charge in [-0.15, -0.1) is 0 Å². The zero-order valence-electron chi connectivity index (χ0n) is 15.4. The first-order valence-electron chi connectivity index (χ1n) is 8.88. The molecule has 0 radical (unpaired) electrons. The Hall–Kier alpha value is -2.27. The van der Waals surface area contributed by atoms with Crippen LogP contribution in [-0.4, -0.2) is 32.8 Å². The first kappa shape index (κ1) is 19.1. The maximum absolute atomic E-state index is 5.37. The van der Waals surface area contributed by atoms with Crippen LogP contribution in [0.2, 0.25) is 0 Å². The van der Waals surface area contributed by atoms with E-state index in [1.807, 2.05) is 12.1 Å². The van der Waals surface area contributed by atoms with E-state index in [9.17, 15) is 0 Å². The van der Waals surface area contributed by atoms with E-state index in [2.05, 4.69) is 53.7 Å². The number of hydrogen-bond acceptors (Lipinski definition) is 3. The molecule has 0 aliphatic carbocycles. The maximum atomic E-state index is 5.37. The van der Waals surface area contributed by atoms with Crippen LogP contribution in [0.4, 0.5) is 0 Å². The van der Waals surface area contributed by atoms with Crippen LogP contribution in [0.15, 0.2) is 52.1 Å². The SMILES string of the molecule is CCc1ccc(C(C)NC(=NCCOC)NCCc2ccco2)cc1. The number of rotatable bonds is 9. The molecule has 5 heteroatoms. The summed E-state index contributed by atoms with van der Waals surface area (Å²) < 4.78 is 10.5. The number of hydrogen-bond donors (Lipinski definition) is 2. The second kappa shape index (κ2) is 10.6. The lowest BCUT2D eigenvalue weighted by Gasteiger charge is -2.19. The fraction of sp³-hybridized carbons (Fsp3) is 0.450. The largest absolute Gasteiger partial charge is 0.469 e. The number of aliphatic imine (C=N–C) groups is 1. The predicted molar refractivity (Wildman–Crippen MR) is 102 cm³/mol. The summed E-state index contributed by atoms with van der Waals surface area (Å²) in [5.41, 5.74) is 2.59. The monoisotopic (exact) mass is 343 g/mol. The van der Waals surface area contributed by atoms with E-state index in [0.29, 0.717) is 13.2 Å². The fourth-order valence-electron chi connectivity index (χ4n) is 2.49. The minimum Gasteiger partial charge on any atom is -0.469 e. The lowest BCUT2D eigenvalue weighted by atomic mass is 10.1. The van der Waals surface area contributed by atoms with Crippen molar-refractivity contribution in [2.24, 2.45) is 4.99 Å². The average Bonchev–Trinajstić information content (AvgIpc) is 3.15. The van der Waals surface area contributed by atoms with E-state index < -0.39 is 0 Å². The van der Waals surface area contributed by atoms with Gasteiger partial charge in [-0.05, 0) is 36.6 Å². The number of benzene rings is 1. The maximum Gasteiger partial charge on any atom is 0.191 e. The third kappa shape index (κ3) is 6.63. The summed E-state index contributed by atoms with van der Waals surface area (Å²) in [6.45, 7) is 6.29. The zero-order valence-corrected chi connectivity index (χ0v) is 15.4. The normalized spacial score (nSPS) is 12.8. The van der Waals surface area contributed by atoms with Crippen molar-refractivity contribution in [2.75, 3.05) is 26.8 Å². The summed E-state index contributed by atoms with van der Waals surface area (Å²) in [5.74, 6) is 1.75. The van der Waals surface area contributed by atoms with Gasteiger partial charge in [0.25, 0.3) is 0 Å². The molecule has 1 aromatic carbocycles. The summed E-state index contributed by atoms with van der Waals surface area (Å²) in [7, 11) is 1.69. The molecule has 5 nitrogen and oxygen atoms in total. The molecular weight excluding hydrogens is 314 g/mol. The van der Waals surface area contributed by atoms with Crippen LogP contribution in [0.1, 0.15) is 36.8 Å². The molecule has 1 aromatic heterocycles. The number of ether oxygens (including phenoxy) is 1. The zero-order chi connectivity index (χ0) is 17.9. The minimum atomic E-state index is 0.170. The number of furan rings is 1. The van der Waals surface area contributed by atoms with Crippen LogP contribution in [0.3, 0.4) is 0 Å². The Bertz CT molecular complexity index is 621. The van der Waals surface area contributed by atoms with Crippen molar-refractivity contribution in [1.82, 2.24) is 10.6 Å². The van der Waals surface area contributed by atoms with Gasteiger partial charge < -0.3 is 19.8 Å². The Balaban J connectivity index is 1.92. The quantitative estimate of drug-likeness (QED) is 0.416. The molecule has 2 rings (SSSR count). The van der Waals surface area contributed by atoms with Crippen LogP contribution in [0.5, 0.6) is 0 Å². The van der Waals surface area contributed by atoms with E-state index in [1.165, 1.54) is 11.1 Å². The van der Waals surface area contributed by atoms with Crippen LogP contribution < -0.4 is 10.6 Å². The number of nitrogens with one attached hydrogen (secondary N) is 2. The fourth-order valence-corrected chi connectivity index (χ4v) is 2.49. The highest BCUT2D eigenvalue weighted by Crippen LogP contribution is 2.13. The first-order valence-corrected chi connectivity index (χ1v) is 8.88.